The number of carbonyl (C=O) groups is 3. The summed E-state index contributed by atoms with van der Waals surface area (Å²) in [6.45, 7) is 6.35. The number of nitrogens with zero attached hydrogens (tertiary/aromatic N) is 2. The molecule has 1 fully saturated rings. The lowest BCUT2D eigenvalue weighted by Gasteiger charge is -2.24. The summed E-state index contributed by atoms with van der Waals surface area (Å²) in [5.41, 5.74) is 5.05. The molecule has 28 heavy (non-hydrogen) atoms. The standard InChI is InChI=1S/C20H20FN3O4/c1-3-4-13(12(2)21)9-23-11-20(8-18(23)27)15-7-14(25)5-6-16(15)24(19(20)28)10-17(22)26/h3-7,25H,1-2,8-11H2,(H2,22,26)/b13-4-. The van der Waals surface area contributed by atoms with Gasteiger partial charge in [0.05, 0.1) is 0 Å². The molecular formula is C20H20FN3O4. The molecule has 1 aromatic carbocycles. The predicted octanol–water partition coefficient (Wildman–Crippen LogP) is 1.29. The Hall–Kier alpha value is -3.42. The molecule has 7 nitrogen and oxygen atoms in total. The van der Waals surface area contributed by atoms with Crippen molar-refractivity contribution >= 4 is 23.4 Å². The third-order valence-corrected chi connectivity index (χ3v) is 5.05. The van der Waals surface area contributed by atoms with Gasteiger partial charge >= 0.3 is 0 Å². The Labute approximate surface area is 161 Å². The number of rotatable bonds is 6. The largest absolute Gasteiger partial charge is 0.508 e. The van der Waals surface area contributed by atoms with Crippen LogP contribution in [0.15, 0.2) is 54.9 Å². The minimum Gasteiger partial charge on any atom is -0.508 e. The fourth-order valence-corrected chi connectivity index (χ4v) is 3.82. The average molecular weight is 385 g/mol. The number of fused-ring (bicyclic) bond motifs is 2. The van der Waals surface area contributed by atoms with Gasteiger partial charge in [0.25, 0.3) is 0 Å². The fourth-order valence-electron chi connectivity index (χ4n) is 3.82. The van der Waals surface area contributed by atoms with Crippen LogP contribution in [0.5, 0.6) is 5.75 Å². The van der Waals surface area contributed by atoms with E-state index in [4.69, 9.17) is 5.73 Å². The Morgan fingerprint density at radius 2 is 2.07 bits per heavy atom. The third-order valence-electron chi connectivity index (χ3n) is 5.05. The smallest absolute Gasteiger partial charge is 0.240 e. The molecule has 1 saturated heterocycles. The highest BCUT2D eigenvalue weighted by molar-refractivity contribution is 6.13. The van der Waals surface area contributed by atoms with E-state index in [1.807, 2.05) is 0 Å². The zero-order chi connectivity index (χ0) is 20.6. The number of halogens is 1. The first-order valence-electron chi connectivity index (χ1n) is 8.57. The second kappa shape index (κ2) is 6.95. The molecule has 0 saturated carbocycles. The van der Waals surface area contributed by atoms with Crippen molar-refractivity contribution in [2.75, 3.05) is 24.5 Å². The summed E-state index contributed by atoms with van der Waals surface area (Å²) >= 11 is 0. The molecule has 2 aliphatic rings. The van der Waals surface area contributed by atoms with Crippen molar-refractivity contribution in [3.63, 3.8) is 0 Å². The van der Waals surface area contributed by atoms with Crippen LogP contribution in [0.25, 0.3) is 0 Å². The first-order valence-corrected chi connectivity index (χ1v) is 8.57. The van der Waals surface area contributed by atoms with Gasteiger partial charge in [-0.15, -0.1) is 0 Å². The quantitative estimate of drug-likeness (QED) is 0.720. The van der Waals surface area contributed by atoms with Gasteiger partial charge in [0.2, 0.25) is 17.7 Å². The van der Waals surface area contributed by atoms with Crippen molar-refractivity contribution in [2.24, 2.45) is 5.73 Å². The van der Waals surface area contributed by atoms with Crippen LogP contribution in [0.1, 0.15) is 12.0 Å². The summed E-state index contributed by atoms with van der Waals surface area (Å²) in [5, 5.41) is 9.91. The summed E-state index contributed by atoms with van der Waals surface area (Å²) in [4.78, 5) is 39.9. The van der Waals surface area contributed by atoms with Gasteiger partial charge in [0.1, 0.15) is 23.5 Å². The van der Waals surface area contributed by atoms with Crippen LogP contribution >= 0.6 is 0 Å². The number of phenols is 1. The summed E-state index contributed by atoms with van der Waals surface area (Å²) in [7, 11) is 0. The number of primary amides is 1. The molecule has 1 spiro atoms. The fraction of sp³-hybridized carbons (Fsp3) is 0.250. The van der Waals surface area contributed by atoms with E-state index < -0.39 is 23.1 Å². The Bertz CT molecular complexity index is 939. The van der Waals surface area contributed by atoms with Gasteiger partial charge in [-0.2, -0.15) is 0 Å². The van der Waals surface area contributed by atoms with Crippen molar-refractivity contribution in [1.82, 2.24) is 4.90 Å². The molecule has 8 heteroatoms. The van der Waals surface area contributed by atoms with E-state index in [1.54, 1.807) is 0 Å². The highest BCUT2D eigenvalue weighted by atomic mass is 19.1. The maximum absolute atomic E-state index is 13.7. The Morgan fingerprint density at radius 1 is 1.36 bits per heavy atom. The number of anilines is 1. The number of benzene rings is 1. The Kier molecular flexibility index (Phi) is 4.80. The van der Waals surface area contributed by atoms with Crippen LogP contribution in [-0.4, -0.2) is 47.4 Å². The van der Waals surface area contributed by atoms with Gasteiger partial charge in [-0.3, -0.25) is 14.4 Å². The molecular weight excluding hydrogens is 365 g/mol. The second-order valence-corrected chi connectivity index (χ2v) is 6.90. The maximum atomic E-state index is 13.7. The molecule has 0 aliphatic carbocycles. The molecule has 1 atom stereocenters. The SMILES string of the molecule is C=C/C=C(/CN1CC2(CC1=O)C(=O)N(CC(N)=O)c1ccc(O)cc12)C(=C)F. The van der Waals surface area contributed by atoms with E-state index >= 15 is 0 Å². The number of phenolic OH excluding ortho intramolecular Hbond substituents is 1. The lowest BCUT2D eigenvalue weighted by atomic mass is 9.80. The van der Waals surface area contributed by atoms with Gasteiger partial charge in [-0.05, 0) is 23.8 Å². The topological polar surface area (TPSA) is 104 Å². The lowest BCUT2D eigenvalue weighted by molar-refractivity contribution is -0.128. The average Bonchev–Trinajstić information content (AvgIpc) is 3.05. The van der Waals surface area contributed by atoms with E-state index in [9.17, 15) is 23.9 Å². The summed E-state index contributed by atoms with van der Waals surface area (Å²) in [6.07, 6.45) is 2.65. The Balaban J connectivity index is 2.01. The number of aromatic hydroxyl groups is 1. The number of carbonyl (C=O) groups excluding carboxylic acids is 3. The van der Waals surface area contributed by atoms with Gasteiger partial charge in [0.15, 0.2) is 0 Å². The zero-order valence-corrected chi connectivity index (χ0v) is 15.2. The molecule has 146 valence electrons. The molecule has 1 unspecified atom stereocenters. The molecule has 0 radical (unpaired) electrons. The van der Waals surface area contributed by atoms with E-state index in [-0.39, 0.29) is 43.3 Å². The van der Waals surface area contributed by atoms with Gasteiger partial charge in [-0.1, -0.05) is 25.3 Å². The molecule has 0 bridgehead atoms. The van der Waals surface area contributed by atoms with Crippen LogP contribution in [0.2, 0.25) is 0 Å². The third kappa shape index (κ3) is 3.06. The van der Waals surface area contributed by atoms with Gasteiger partial charge in [0, 0.05) is 30.8 Å². The first kappa shape index (κ1) is 19.3. The second-order valence-electron chi connectivity index (χ2n) is 6.90. The van der Waals surface area contributed by atoms with Crippen LogP contribution in [0.4, 0.5) is 10.1 Å². The number of hydrogen-bond acceptors (Lipinski definition) is 4. The molecule has 3 amide bonds. The molecule has 1 aromatic rings. The zero-order valence-electron chi connectivity index (χ0n) is 15.2. The monoisotopic (exact) mass is 385 g/mol. The predicted molar refractivity (Wildman–Crippen MR) is 101 cm³/mol. The van der Waals surface area contributed by atoms with Crippen molar-refractivity contribution in [3.05, 3.63) is 60.5 Å². The first-order chi connectivity index (χ1) is 13.2. The van der Waals surface area contributed by atoms with Gasteiger partial charge < -0.3 is 20.6 Å². The molecule has 3 rings (SSSR count). The molecule has 2 aliphatic heterocycles. The summed E-state index contributed by atoms with van der Waals surface area (Å²) in [6, 6.07) is 4.32. The maximum Gasteiger partial charge on any atom is 0.240 e. The van der Waals surface area contributed by atoms with E-state index in [0.29, 0.717) is 11.3 Å². The number of nitrogens with two attached hydrogens (primary N) is 1. The summed E-state index contributed by atoms with van der Waals surface area (Å²) < 4.78 is 13.7. The number of likely N-dealkylation sites (tertiary alicyclic amines) is 1. The Morgan fingerprint density at radius 3 is 2.68 bits per heavy atom. The number of allylic oxidation sites excluding steroid dienone is 2. The van der Waals surface area contributed by atoms with Crippen molar-refractivity contribution in [3.8, 4) is 5.75 Å². The minimum absolute atomic E-state index is 0.0157. The van der Waals surface area contributed by atoms with Gasteiger partial charge in [-0.25, -0.2) is 4.39 Å². The van der Waals surface area contributed by atoms with Crippen LogP contribution < -0.4 is 10.6 Å². The van der Waals surface area contributed by atoms with E-state index in [1.165, 1.54) is 40.2 Å². The lowest BCUT2D eigenvalue weighted by Crippen LogP contribution is -2.45. The van der Waals surface area contributed by atoms with E-state index in [2.05, 4.69) is 13.2 Å². The van der Waals surface area contributed by atoms with Crippen molar-refractivity contribution in [1.29, 1.82) is 0 Å². The molecule has 2 heterocycles. The van der Waals surface area contributed by atoms with Crippen molar-refractivity contribution in [2.45, 2.75) is 11.8 Å². The molecule has 3 N–H and O–H groups in total. The van der Waals surface area contributed by atoms with E-state index in [0.717, 1.165) is 0 Å². The normalized spacial score (nSPS) is 21.4. The number of amides is 3. The van der Waals surface area contributed by atoms with Crippen LogP contribution in [0, 0.1) is 0 Å². The highest BCUT2D eigenvalue weighted by Gasteiger charge is 2.57. The number of hydrogen-bond donors (Lipinski definition) is 2. The minimum atomic E-state index is -1.27. The van der Waals surface area contributed by atoms with Crippen LogP contribution in [0.3, 0.4) is 0 Å². The highest BCUT2D eigenvalue weighted by Crippen LogP contribution is 2.48. The van der Waals surface area contributed by atoms with Crippen molar-refractivity contribution < 1.29 is 23.9 Å². The van der Waals surface area contributed by atoms with Crippen LogP contribution in [-0.2, 0) is 19.8 Å². The molecule has 0 aromatic heterocycles. The summed E-state index contributed by atoms with van der Waals surface area (Å²) in [5.74, 6) is -2.26.